The smallest absolute Gasteiger partial charge is 0.307 e. The second kappa shape index (κ2) is 4.22. The predicted octanol–water partition coefficient (Wildman–Crippen LogP) is 2.38. The van der Waals surface area contributed by atoms with E-state index >= 15 is 0 Å². The van der Waals surface area contributed by atoms with Gasteiger partial charge in [0.1, 0.15) is 11.3 Å². The Hall–Kier alpha value is -1.81. The molecule has 0 bridgehead atoms. The molecule has 0 saturated carbocycles. The van der Waals surface area contributed by atoms with E-state index in [0.717, 1.165) is 0 Å². The van der Waals surface area contributed by atoms with Crippen LogP contribution >= 0.6 is 11.6 Å². The average Bonchev–Trinajstić information content (AvgIpc) is 2.19. The third-order valence-corrected chi connectivity index (χ3v) is 2.55. The highest BCUT2D eigenvalue weighted by molar-refractivity contribution is 6.31. The number of halogens is 1. The number of aliphatic carboxylic acids is 1. The van der Waals surface area contributed by atoms with Gasteiger partial charge in [-0.1, -0.05) is 11.6 Å². The Bertz CT molecular complexity index is 657. The number of hydrogen-bond donors (Lipinski definition) is 1. The second-order valence-corrected chi connectivity index (χ2v) is 4.17. The van der Waals surface area contributed by atoms with Crippen molar-refractivity contribution < 1.29 is 14.3 Å². The van der Waals surface area contributed by atoms with Gasteiger partial charge in [-0.2, -0.15) is 0 Å². The molecule has 0 atom stereocenters. The van der Waals surface area contributed by atoms with Gasteiger partial charge < -0.3 is 9.52 Å². The summed E-state index contributed by atoms with van der Waals surface area (Å²) < 4.78 is 5.41. The summed E-state index contributed by atoms with van der Waals surface area (Å²) in [6.45, 7) is 1.64. The van der Waals surface area contributed by atoms with E-state index in [1.165, 1.54) is 18.2 Å². The van der Waals surface area contributed by atoms with Crippen LogP contribution in [0.4, 0.5) is 0 Å². The lowest BCUT2D eigenvalue weighted by molar-refractivity contribution is -0.136. The van der Waals surface area contributed by atoms with E-state index in [0.29, 0.717) is 27.3 Å². The Balaban J connectivity index is 2.82. The highest BCUT2D eigenvalue weighted by atomic mass is 35.5. The monoisotopic (exact) mass is 252 g/mol. The van der Waals surface area contributed by atoms with Crippen LogP contribution in [0.1, 0.15) is 11.3 Å². The number of carboxylic acids is 1. The second-order valence-electron chi connectivity index (χ2n) is 3.73. The number of rotatable bonds is 2. The molecule has 0 unspecified atom stereocenters. The zero-order valence-electron chi connectivity index (χ0n) is 8.99. The zero-order valence-corrected chi connectivity index (χ0v) is 9.75. The van der Waals surface area contributed by atoms with E-state index < -0.39 is 5.97 Å². The van der Waals surface area contributed by atoms with E-state index in [4.69, 9.17) is 21.1 Å². The van der Waals surface area contributed by atoms with E-state index in [9.17, 15) is 9.59 Å². The van der Waals surface area contributed by atoms with Crippen LogP contribution in [0.15, 0.2) is 27.4 Å². The summed E-state index contributed by atoms with van der Waals surface area (Å²) >= 11 is 5.85. The maximum absolute atomic E-state index is 11.7. The van der Waals surface area contributed by atoms with E-state index in [-0.39, 0.29) is 11.8 Å². The van der Waals surface area contributed by atoms with Gasteiger partial charge in [0.2, 0.25) is 0 Å². The Morgan fingerprint density at radius 3 is 2.76 bits per heavy atom. The first-order chi connectivity index (χ1) is 7.97. The fourth-order valence-electron chi connectivity index (χ4n) is 1.70. The molecule has 88 valence electrons. The number of carbonyl (C=O) groups is 1. The molecule has 1 aromatic heterocycles. The van der Waals surface area contributed by atoms with Crippen LogP contribution in [0.2, 0.25) is 5.02 Å². The van der Waals surface area contributed by atoms with Crippen LogP contribution < -0.4 is 5.43 Å². The molecule has 4 nitrogen and oxygen atoms in total. The van der Waals surface area contributed by atoms with E-state index in [1.54, 1.807) is 6.92 Å². The molecule has 0 radical (unpaired) electrons. The maximum Gasteiger partial charge on any atom is 0.307 e. The first kappa shape index (κ1) is 11.7. The van der Waals surface area contributed by atoms with Crippen LogP contribution in [0, 0.1) is 6.92 Å². The van der Waals surface area contributed by atoms with Crippen molar-refractivity contribution in [2.45, 2.75) is 13.3 Å². The van der Waals surface area contributed by atoms with Gasteiger partial charge in [-0.25, -0.2) is 0 Å². The Morgan fingerprint density at radius 1 is 1.41 bits per heavy atom. The summed E-state index contributed by atoms with van der Waals surface area (Å²) in [5.74, 6) is -0.561. The number of hydrogen-bond acceptors (Lipinski definition) is 3. The van der Waals surface area contributed by atoms with Crippen LogP contribution in [0.25, 0.3) is 11.0 Å². The van der Waals surface area contributed by atoms with Crippen molar-refractivity contribution >= 4 is 28.5 Å². The van der Waals surface area contributed by atoms with Crippen molar-refractivity contribution in [2.75, 3.05) is 0 Å². The quantitative estimate of drug-likeness (QED) is 0.891. The minimum absolute atomic E-state index is 0.224. The predicted molar refractivity (Wildman–Crippen MR) is 63.6 cm³/mol. The molecule has 0 spiro atoms. The normalized spacial score (nSPS) is 10.7. The van der Waals surface area contributed by atoms with Gasteiger partial charge in [0.15, 0.2) is 5.43 Å². The number of aryl methyl sites for hydroxylation is 1. The molecule has 0 aliphatic carbocycles. The van der Waals surface area contributed by atoms with E-state index in [2.05, 4.69) is 0 Å². The maximum atomic E-state index is 11.7. The molecule has 0 aliphatic rings. The molecule has 2 aromatic rings. The fraction of sp³-hybridized carbons (Fsp3) is 0.167. The van der Waals surface area contributed by atoms with Crippen molar-refractivity contribution in [1.29, 1.82) is 0 Å². The molecule has 1 heterocycles. The third kappa shape index (κ3) is 2.31. The third-order valence-electron chi connectivity index (χ3n) is 2.34. The van der Waals surface area contributed by atoms with Gasteiger partial charge in [-0.15, -0.1) is 0 Å². The molecule has 0 fully saturated rings. The first-order valence-corrected chi connectivity index (χ1v) is 5.30. The minimum Gasteiger partial charge on any atom is -0.481 e. The Labute approximate surface area is 101 Å². The summed E-state index contributed by atoms with van der Waals surface area (Å²) in [5.41, 5.74) is 0.473. The molecule has 0 amide bonds. The summed E-state index contributed by atoms with van der Waals surface area (Å²) in [6.07, 6.45) is -0.233. The topological polar surface area (TPSA) is 67.5 Å². The summed E-state index contributed by atoms with van der Waals surface area (Å²) in [4.78, 5) is 22.5. The van der Waals surface area contributed by atoms with E-state index in [1.807, 2.05) is 0 Å². The van der Waals surface area contributed by atoms with Crippen LogP contribution in [-0.2, 0) is 11.2 Å². The standard InChI is InChI=1S/C12H9ClO4/c1-6-2-10(14)9-5-8(13)3-7(4-11(15)16)12(9)17-6/h2-3,5H,4H2,1H3,(H,15,16). The van der Waals surface area contributed by atoms with Crippen LogP contribution in [-0.4, -0.2) is 11.1 Å². The minimum atomic E-state index is -1.00. The Morgan fingerprint density at radius 2 is 2.12 bits per heavy atom. The SMILES string of the molecule is Cc1cc(=O)c2cc(Cl)cc(CC(=O)O)c2o1. The van der Waals surface area contributed by atoms with Crippen molar-refractivity contribution in [2.24, 2.45) is 0 Å². The highest BCUT2D eigenvalue weighted by Gasteiger charge is 2.12. The molecule has 1 N–H and O–H groups in total. The lowest BCUT2D eigenvalue weighted by Gasteiger charge is -2.05. The fourth-order valence-corrected chi connectivity index (χ4v) is 1.94. The van der Waals surface area contributed by atoms with Crippen LogP contribution in [0.5, 0.6) is 0 Å². The molecule has 5 heteroatoms. The summed E-state index contributed by atoms with van der Waals surface area (Å²) in [7, 11) is 0. The summed E-state index contributed by atoms with van der Waals surface area (Å²) in [5, 5.41) is 9.42. The summed E-state index contributed by atoms with van der Waals surface area (Å²) in [6, 6.07) is 4.33. The van der Waals surface area contributed by atoms with Gasteiger partial charge in [-0.3, -0.25) is 9.59 Å². The van der Waals surface area contributed by atoms with Crippen molar-refractivity contribution in [1.82, 2.24) is 0 Å². The van der Waals surface area contributed by atoms with Crippen molar-refractivity contribution in [3.8, 4) is 0 Å². The average molecular weight is 253 g/mol. The molecule has 1 aromatic carbocycles. The van der Waals surface area contributed by atoms with Crippen molar-refractivity contribution in [3.63, 3.8) is 0 Å². The Kier molecular flexibility index (Phi) is 2.90. The molecule has 0 aliphatic heterocycles. The number of fused-ring (bicyclic) bond motifs is 1. The van der Waals surface area contributed by atoms with Crippen LogP contribution in [0.3, 0.4) is 0 Å². The molecule has 2 rings (SSSR count). The largest absolute Gasteiger partial charge is 0.481 e. The first-order valence-electron chi connectivity index (χ1n) is 4.92. The molecular formula is C12H9ClO4. The zero-order chi connectivity index (χ0) is 12.6. The van der Waals surface area contributed by atoms with Gasteiger partial charge in [0.05, 0.1) is 11.8 Å². The van der Waals surface area contributed by atoms with Gasteiger partial charge in [0.25, 0.3) is 0 Å². The lowest BCUT2D eigenvalue weighted by Crippen LogP contribution is -2.05. The lowest BCUT2D eigenvalue weighted by atomic mass is 10.1. The molecular weight excluding hydrogens is 244 g/mol. The van der Waals surface area contributed by atoms with Gasteiger partial charge in [-0.05, 0) is 19.1 Å². The molecule has 17 heavy (non-hydrogen) atoms. The number of benzene rings is 1. The highest BCUT2D eigenvalue weighted by Crippen LogP contribution is 2.23. The van der Waals surface area contributed by atoms with Gasteiger partial charge in [0, 0.05) is 16.7 Å². The van der Waals surface area contributed by atoms with Crippen molar-refractivity contribution in [3.05, 3.63) is 44.8 Å². The number of carboxylic acid groups (broad SMARTS) is 1. The van der Waals surface area contributed by atoms with Gasteiger partial charge >= 0.3 is 5.97 Å². The molecule has 0 saturated heterocycles.